The van der Waals surface area contributed by atoms with E-state index in [0.717, 1.165) is 60.5 Å². The Morgan fingerprint density at radius 3 is 1.84 bits per heavy atom. The van der Waals surface area contributed by atoms with Crippen molar-refractivity contribution in [2.24, 2.45) is 0 Å². The largest absolute Gasteiger partial charge is 0.455 e. The first-order chi connectivity index (χ1) is 21.3. The lowest BCUT2D eigenvalue weighted by Gasteiger charge is -2.12. The van der Waals surface area contributed by atoms with E-state index < -0.39 is 0 Å². The van der Waals surface area contributed by atoms with Gasteiger partial charge in [-0.25, -0.2) is 9.97 Å². The van der Waals surface area contributed by atoms with Crippen LogP contribution in [-0.4, -0.2) is 9.97 Å². The highest BCUT2D eigenvalue weighted by Crippen LogP contribution is 2.39. The van der Waals surface area contributed by atoms with Crippen molar-refractivity contribution in [3.05, 3.63) is 146 Å². The minimum atomic E-state index is 0.913. The van der Waals surface area contributed by atoms with E-state index >= 15 is 0 Å². The van der Waals surface area contributed by atoms with Gasteiger partial charge >= 0.3 is 0 Å². The third kappa shape index (κ3) is 3.75. The zero-order valence-corrected chi connectivity index (χ0v) is 23.2. The number of hydrogen-bond acceptors (Lipinski definition) is 3. The lowest BCUT2D eigenvalue weighted by molar-refractivity contribution is 0.670. The van der Waals surface area contributed by atoms with Gasteiger partial charge in [0.1, 0.15) is 17.5 Å². The van der Waals surface area contributed by atoms with Crippen LogP contribution in [0.5, 0.6) is 0 Å². The number of aromatic nitrogens is 2. The maximum absolute atomic E-state index is 6.34. The Hall–Kier alpha value is -5.80. The van der Waals surface area contributed by atoms with Gasteiger partial charge < -0.3 is 4.42 Å². The Kier molecular flexibility index (Phi) is 5.20. The van der Waals surface area contributed by atoms with Crippen molar-refractivity contribution in [1.82, 2.24) is 9.97 Å². The van der Waals surface area contributed by atoms with E-state index in [4.69, 9.17) is 9.40 Å². The second kappa shape index (κ2) is 9.37. The molecule has 0 aliphatic rings. The van der Waals surface area contributed by atoms with Crippen molar-refractivity contribution < 1.29 is 4.42 Å². The van der Waals surface area contributed by atoms with Gasteiger partial charge in [0.25, 0.3) is 0 Å². The third-order valence-electron chi connectivity index (χ3n) is 8.60. The van der Waals surface area contributed by atoms with Crippen molar-refractivity contribution in [2.45, 2.75) is 0 Å². The summed E-state index contributed by atoms with van der Waals surface area (Å²) in [6.45, 7) is 0. The molecule has 9 aromatic rings. The summed E-state index contributed by atoms with van der Waals surface area (Å²) in [6.07, 6.45) is 3.57. The molecule has 0 atom stereocenters. The van der Waals surface area contributed by atoms with Crippen LogP contribution in [0, 0.1) is 0 Å². The molecule has 7 aromatic carbocycles. The Morgan fingerprint density at radius 1 is 0.419 bits per heavy atom. The fraction of sp³-hybridized carbons (Fsp3) is 0. The molecule has 3 nitrogen and oxygen atoms in total. The zero-order valence-electron chi connectivity index (χ0n) is 23.2. The van der Waals surface area contributed by atoms with Gasteiger partial charge in [-0.1, -0.05) is 109 Å². The van der Waals surface area contributed by atoms with E-state index in [1.54, 1.807) is 6.33 Å². The van der Waals surface area contributed by atoms with Gasteiger partial charge in [0.2, 0.25) is 0 Å². The first-order valence-corrected chi connectivity index (χ1v) is 14.5. The number of rotatable bonds is 3. The third-order valence-corrected chi connectivity index (χ3v) is 8.60. The van der Waals surface area contributed by atoms with Gasteiger partial charge in [-0.05, 0) is 68.2 Å². The van der Waals surface area contributed by atoms with Crippen molar-refractivity contribution >= 4 is 54.4 Å². The number of hydrogen-bond donors (Lipinski definition) is 0. The predicted molar refractivity (Wildman–Crippen MR) is 178 cm³/mol. The lowest BCUT2D eigenvalue weighted by Crippen LogP contribution is -1.88. The molecule has 0 unspecified atom stereocenters. The summed E-state index contributed by atoms with van der Waals surface area (Å²) in [5.41, 5.74) is 9.71. The van der Waals surface area contributed by atoms with Crippen LogP contribution in [-0.2, 0) is 0 Å². The smallest absolute Gasteiger partial charge is 0.143 e. The van der Waals surface area contributed by atoms with Crippen LogP contribution < -0.4 is 0 Å². The molecule has 0 fully saturated rings. The Bertz CT molecular complexity index is 2490. The van der Waals surface area contributed by atoms with Crippen molar-refractivity contribution in [2.75, 3.05) is 0 Å². The second-order valence-electron chi connectivity index (χ2n) is 11.0. The molecule has 0 N–H and O–H groups in total. The molecule has 0 radical (unpaired) electrons. The quantitative estimate of drug-likeness (QED) is 0.206. The summed E-state index contributed by atoms with van der Waals surface area (Å²) in [5, 5.41) is 8.10. The van der Waals surface area contributed by atoms with Crippen LogP contribution in [0.3, 0.4) is 0 Å². The molecule has 0 amide bonds. The van der Waals surface area contributed by atoms with Gasteiger partial charge in [0.15, 0.2) is 0 Å². The van der Waals surface area contributed by atoms with Gasteiger partial charge in [0, 0.05) is 33.3 Å². The summed E-state index contributed by atoms with van der Waals surface area (Å²) >= 11 is 0. The number of nitrogens with zero attached hydrogens (tertiary/aromatic N) is 2. The van der Waals surface area contributed by atoms with Crippen LogP contribution in [0.15, 0.2) is 150 Å². The molecule has 0 spiro atoms. The Labute approximate surface area is 247 Å². The van der Waals surface area contributed by atoms with E-state index in [1.807, 2.05) is 18.3 Å². The monoisotopic (exact) mass is 548 g/mol. The molecule has 200 valence electrons. The molecule has 0 saturated carbocycles. The maximum atomic E-state index is 6.34. The van der Waals surface area contributed by atoms with Crippen molar-refractivity contribution in [3.63, 3.8) is 0 Å². The number of para-hydroxylation sites is 2. The molecular weight excluding hydrogens is 524 g/mol. The minimum absolute atomic E-state index is 0.913. The normalized spacial score (nSPS) is 11.7. The molecular formula is C40H24N2O. The molecule has 0 bridgehead atoms. The highest BCUT2D eigenvalue weighted by Gasteiger charge is 2.14. The minimum Gasteiger partial charge on any atom is -0.455 e. The van der Waals surface area contributed by atoms with Crippen LogP contribution in [0.25, 0.3) is 87.8 Å². The zero-order chi connectivity index (χ0) is 28.3. The lowest BCUT2D eigenvalue weighted by atomic mass is 9.93. The van der Waals surface area contributed by atoms with Crippen molar-refractivity contribution in [3.8, 4) is 33.4 Å². The van der Waals surface area contributed by atoms with Gasteiger partial charge in [-0.3, -0.25) is 0 Å². The molecule has 9 rings (SSSR count). The Balaban J connectivity index is 1.17. The van der Waals surface area contributed by atoms with Gasteiger partial charge in [-0.15, -0.1) is 0 Å². The fourth-order valence-corrected chi connectivity index (χ4v) is 6.57. The number of fused-ring (bicyclic) bond motifs is 9. The highest BCUT2D eigenvalue weighted by molar-refractivity contribution is 6.24. The molecule has 2 heterocycles. The van der Waals surface area contributed by atoms with E-state index in [2.05, 4.69) is 126 Å². The van der Waals surface area contributed by atoms with Gasteiger partial charge in [-0.2, -0.15) is 0 Å². The average Bonchev–Trinajstić information content (AvgIpc) is 3.47. The summed E-state index contributed by atoms with van der Waals surface area (Å²) in [5.74, 6) is 0. The summed E-state index contributed by atoms with van der Waals surface area (Å²) in [7, 11) is 0. The Morgan fingerprint density at radius 2 is 1.02 bits per heavy atom. The SMILES string of the molecule is c1cc(-c2cccc(-c3cccc4c3oc3ccccc34)c2)cc(-c2ccc3c4ccccc4c4cncnc4c3c2)c1. The van der Waals surface area contributed by atoms with E-state index in [9.17, 15) is 0 Å². The molecule has 2 aromatic heterocycles. The fourth-order valence-electron chi connectivity index (χ4n) is 6.57. The number of furan rings is 1. The standard InChI is InChI=1S/C40H24N2O/c1-2-13-32-31(12-1)33-19-18-28(22-36(33)39-37(32)23-41-24-42-39)26-9-5-8-25(20-26)27-10-6-11-29(21-27)30-15-7-16-35-34-14-3-4-17-38(34)43-40(30)35/h1-24H. The van der Waals surface area contributed by atoms with Crippen LogP contribution >= 0.6 is 0 Å². The molecule has 0 aliphatic carbocycles. The van der Waals surface area contributed by atoms with Crippen molar-refractivity contribution in [1.29, 1.82) is 0 Å². The summed E-state index contributed by atoms with van der Waals surface area (Å²) < 4.78 is 6.34. The van der Waals surface area contributed by atoms with Crippen LogP contribution in [0.2, 0.25) is 0 Å². The highest BCUT2D eigenvalue weighted by atomic mass is 16.3. The summed E-state index contributed by atoms with van der Waals surface area (Å²) in [6, 6.07) is 47.4. The summed E-state index contributed by atoms with van der Waals surface area (Å²) in [4.78, 5) is 9.05. The topological polar surface area (TPSA) is 38.9 Å². The average molecular weight is 549 g/mol. The van der Waals surface area contributed by atoms with Crippen LogP contribution in [0.1, 0.15) is 0 Å². The second-order valence-corrected chi connectivity index (χ2v) is 11.0. The maximum Gasteiger partial charge on any atom is 0.143 e. The first-order valence-electron chi connectivity index (χ1n) is 14.5. The molecule has 0 aliphatic heterocycles. The van der Waals surface area contributed by atoms with Crippen LogP contribution in [0.4, 0.5) is 0 Å². The number of benzene rings is 7. The predicted octanol–water partition coefficient (Wildman–Crippen LogP) is 10.8. The molecule has 0 saturated heterocycles. The molecule has 43 heavy (non-hydrogen) atoms. The first kappa shape index (κ1) is 23.9. The van der Waals surface area contributed by atoms with E-state index in [1.165, 1.54) is 27.3 Å². The van der Waals surface area contributed by atoms with E-state index in [-0.39, 0.29) is 0 Å². The van der Waals surface area contributed by atoms with E-state index in [0.29, 0.717) is 0 Å². The molecule has 3 heteroatoms. The van der Waals surface area contributed by atoms with Gasteiger partial charge in [0.05, 0.1) is 5.52 Å².